The molecule has 0 atom stereocenters. The first-order chi connectivity index (χ1) is 16.6. The third kappa shape index (κ3) is 5.51. The normalized spacial score (nSPS) is 14.5. The first-order valence-electron chi connectivity index (χ1n) is 9.87. The van der Waals surface area contributed by atoms with Gasteiger partial charge in [-0.2, -0.15) is 5.01 Å². The van der Waals surface area contributed by atoms with Gasteiger partial charge in [0.05, 0.1) is 20.5 Å². The van der Waals surface area contributed by atoms with Gasteiger partial charge in [0, 0.05) is 17.3 Å². The number of nitrogens with one attached hydrogen (secondary N) is 2. The van der Waals surface area contributed by atoms with Gasteiger partial charge in [-0.05, 0) is 67.2 Å². The number of thioether (sulfide) groups is 1. The number of aryl methyl sites for hydroxylation is 1. The fraction of sp³-hybridized carbons (Fsp3) is 0.0435. The molecule has 1 aliphatic heterocycles. The molecule has 3 amide bonds. The molecule has 1 aliphatic rings. The Balaban J connectivity index is 1.48. The number of carboxylic acid groups (broad SMARTS) is 1. The van der Waals surface area contributed by atoms with Crippen molar-refractivity contribution in [2.45, 2.75) is 6.92 Å². The maximum atomic E-state index is 12.8. The van der Waals surface area contributed by atoms with E-state index in [1.807, 2.05) is 6.92 Å². The zero-order valence-corrected chi connectivity index (χ0v) is 20.9. The first-order valence-corrected chi connectivity index (χ1v) is 11.9. The summed E-state index contributed by atoms with van der Waals surface area (Å²) < 4.78 is 5.95. The summed E-state index contributed by atoms with van der Waals surface area (Å²) in [4.78, 5) is 36.7. The number of carbonyl (C=O) groups is 3. The molecule has 3 N–H and O–H groups in total. The van der Waals surface area contributed by atoms with E-state index in [9.17, 15) is 19.5 Å². The smallest absolute Gasteiger partial charge is 0.338 e. The lowest BCUT2D eigenvalue weighted by molar-refractivity contribution is -0.123. The van der Waals surface area contributed by atoms with Crippen molar-refractivity contribution in [2.75, 3.05) is 5.32 Å². The molecule has 1 fully saturated rings. The highest BCUT2D eigenvalue weighted by molar-refractivity contribution is 8.26. The molecule has 0 spiro atoms. The summed E-state index contributed by atoms with van der Waals surface area (Å²) in [5.74, 6) is -0.768. The zero-order chi connectivity index (χ0) is 25.3. The molecule has 1 saturated heterocycles. The Morgan fingerprint density at radius 2 is 1.89 bits per heavy atom. The van der Waals surface area contributed by atoms with Crippen LogP contribution in [-0.4, -0.2) is 32.3 Å². The van der Waals surface area contributed by atoms with Gasteiger partial charge in [0.2, 0.25) is 0 Å². The number of carboxylic acids is 1. The molecular weight excluding hydrogens is 533 g/mol. The molecule has 8 nitrogen and oxygen atoms in total. The average Bonchev–Trinajstić information content (AvgIpc) is 3.36. The number of thiocarbonyl (C=S) groups is 1. The van der Waals surface area contributed by atoms with E-state index in [0.29, 0.717) is 27.8 Å². The number of hydrogen-bond acceptors (Lipinski definition) is 6. The maximum Gasteiger partial charge on any atom is 0.338 e. The topological polar surface area (TPSA) is 112 Å². The second-order valence-corrected chi connectivity index (χ2v) is 9.74. The summed E-state index contributed by atoms with van der Waals surface area (Å²) in [6.07, 6.45) is 1.50. The Hall–Kier alpha value is -3.31. The number of carbonyl (C=O) groups excluding carboxylic acids is 2. The fourth-order valence-electron chi connectivity index (χ4n) is 3.12. The molecule has 0 radical (unpaired) electrons. The predicted octanol–water partition coefficient (Wildman–Crippen LogP) is 6.20. The highest BCUT2D eigenvalue weighted by atomic mass is 35.5. The van der Waals surface area contributed by atoms with Crippen molar-refractivity contribution in [3.63, 3.8) is 0 Å². The van der Waals surface area contributed by atoms with E-state index in [1.54, 1.807) is 24.3 Å². The quantitative estimate of drug-likeness (QED) is 0.257. The molecule has 35 heavy (non-hydrogen) atoms. The van der Waals surface area contributed by atoms with Crippen LogP contribution >= 0.6 is 47.2 Å². The van der Waals surface area contributed by atoms with Gasteiger partial charge in [0.1, 0.15) is 11.5 Å². The summed E-state index contributed by atoms with van der Waals surface area (Å²) in [5, 5.41) is 13.3. The van der Waals surface area contributed by atoms with Gasteiger partial charge in [-0.1, -0.05) is 41.0 Å². The third-order valence-corrected chi connectivity index (χ3v) is 6.88. The SMILES string of the molecule is Cc1ccc(C(=O)O)cc1-c1ccc(/C=C2\SC(=S)N(NC(=O)Nc3ccc(Cl)c(Cl)c3)C2=O)o1. The number of nitrogens with zero attached hydrogens (tertiary/aromatic N) is 1. The van der Waals surface area contributed by atoms with Crippen LogP contribution in [-0.2, 0) is 4.79 Å². The van der Waals surface area contributed by atoms with Gasteiger partial charge in [-0.3, -0.25) is 4.79 Å². The number of halogens is 2. The molecule has 178 valence electrons. The van der Waals surface area contributed by atoms with E-state index in [4.69, 9.17) is 39.8 Å². The first kappa shape index (κ1) is 24.8. The predicted molar refractivity (Wildman–Crippen MR) is 139 cm³/mol. The standard InChI is InChI=1S/C23H15Cl2N3O5S2/c1-11-2-3-12(21(30)31)8-15(11)18-7-5-14(33-18)10-19-20(29)28(23(34)35-19)27-22(32)26-13-4-6-16(24)17(25)9-13/h2-10H,1H3,(H,30,31)(H2,26,27,32)/b19-10-. The van der Waals surface area contributed by atoms with E-state index in [2.05, 4.69) is 10.7 Å². The van der Waals surface area contributed by atoms with Gasteiger partial charge in [0.25, 0.3) is 5.91 Å². The van der Waals surface area contributed by atoms with Crippen LogP contribution in [0.15, 0.2) is 57.9 Å². The average molecular weight is 548 g/mol. The summed E-state index contributed by atoms with van der Waals surface area (Å²) >= 11 is 18.0. The highest BCUT2D eigenvalue weighted by Crippen LogP contribution is 2.33. The van der Waals surface area contributed by atoms with Crippen molar-refractivity contribution in [3.8, 4) is 11.3 Å². The number of hydrazine groups is 1. The van der Waals surface area contributed by atoms with Gasteiger partial charge >= 0.3 is 12.0 Å². The van der Waals surface area contributed by atoms with Crippen molar-refractivity contribution < 1.29 is 23.9 Å². The Kier molecular flexibility index (Phi) is 7.18. The Morgan fingerprint density at radius 3 is 2.60 bits per heavy atom. The van der Waals surface area contributed by atoms with Gasteiger partial charge in [-0.25, -0.2) is 15.0 Å². The van der Waals surface area contributed by atoms with Crippen molar-refractivity contribution in [2.24, 2.45) is 0 Å². The Bertz CT molecular complexity index is 1420. The molecule has 0 unspecified atom stereocenters. The molecule has 4 rings (SSSR count). The van der Waals surface area contributed by atoms with Crippen LogP contribution in [0.3, 0.4) is 0 Å². The number of anilines is 1. The third-order valence-electron chi connectivity index (χ3n) is 4.83. The summed E-state index contributed by atoms with van der Waals surface area (Å²) in [6.45, 7) is 1.84. The molecular formula is C23H15Cl2N3O5S2. The summed E-state index contributed by atoms with van der Waals surface area (Å²) in [5.41, 5.74) is 4.37. The van der Waals surface area contributed by atoms with Crippen LogP contribution < -0.4 is 10.7 Å². The van der Waals surface area contributed by atoms with Crippen LogP contribution in [0.25, 0.3) is 17.4 Å². The van der Waals surface area contributed by atoms with Crippen molar-refractivity contribution >= 4 is 81.2 Å². The van der Waals surface area contributed by atoms with Crippen molar-refractivity contribution in [3.05, 3.63) is 80.4 Å². The van der Waals surface area contributed by atoms with E-state index in [0.717, 1.165) is 22.3 Å². The number of hydrogen-bond donors (Lipinski definition) is 3. The van der Waals surface area contributed by atoms with E-state index < -0.39 is 17.9 Å². The monoisotopic (exact) mass is 547 g/mol. The lowest BCUT2D eigenvalue weighted by Crippen LogP contribution is -2.46. The van der Waals surface area contributed by atoms with Crippen LogP contribution in [0.4, 0.5) is 10.5 Å². The minimum Gasteiger partial charge on any atom is -0.478 e. The van der Waals surface area contributed by atoms with Gasteiger partial charge in [0.15, 0.2) is 4.32 Å². The van der Waals surface area contributed by atoms with E-state index >= 15 is 0 Å². The van der Waals surface area contributed by atoms with Crippen molar-refractivity contribution in [1.29, 1.82) is 0 Å². The molecule has 3 aromatic rings. The zero-order valence-electron chi connectivity index (χ0n) is 17.8. The summed E-state index contributed by atoms with van der Waals surface area (Å²) in [6, 6.07) is 11.9. The second kappa shape index (κ2) is 10.1. The lowest BCUT2D eigenvalue weighted by Gasteiger charge is -2.16. The minimum atomic E-state index is -1.04. The van der Waals surface area contributed by atoms with E-state index in [1.165, 1.54) is 30.3 Å². The number of furan rings is 1. The number of aromatic carboxylic acids is 1. The molecule has 0 saturated carbocycles. The number of amides is 3. The van der Waals surface area contributed by atoms with E-state index in [-0.39, 0.29) is 19.8 Å². The second-order valence-electron chi connectivity index (χ2n) is 7.25. The molecule has 2 heterocycles. The number of benzene rings is 2. The Labute approximate surface area is 218 Å². The van der Waals surface area contributed by atoms with Crippen LogP contribution in [0.1, 0.15) is 21.7 Å². The largest absolute Gasteiger partial charge is 0.478 e. The van der Waals surface area contributed by atoms with Gasteiger partial charge < -0.3 is 14.8 Å². The molecule has 0 bridgehead atoms. The number of rotatable bonds is 5. The maximum absolute atomic E-state index is 12.8. The molecule has 12 heteroatoms. The van der Waals surface area contributed by atoms with Crippen molar-refractivity contribution in [1.82, 2.24) is 10.4 Å². The van der Waals surface area contributed by atoms with Gasteiger partial charge in [-0.15, -0.1) is 0 Å². The highest BCUT2D eigenvalue weighted by Gasteiger charge is 2.34. The summed E-state index contributed by atoms with van der Waals surface area (Å²) in [7, 11) is 0. The molecule has 1 aromatic heterocycles. The van der Waals surface area contributed by atoms with Crippen LogP contribution in [0.2, 0.25) is 10.0 Å². The van der Waals surface area contributed by atoms with Crippen LogP contribution in [0, 0.1) is 6.92 Å². The molecule has 2 aromatic carbocycles. The molecule has 0 aliphatic carbocycles. The Morgan fingerprint density at radius 1 is 1.11 bits per heavy atom. The number of urea groups is 1. The minimum absolute atomic E-state index is 0.127. The van der Waals surface area contributed by atoms with Crippen LogP contribution in [0.5, 0.6) is 0 Å². The fourth-order valence-corrected chi connectivity index (χ4v) is 4.58. The lowest BCUT2D eigenvalue weighted by atomic mass is 10.0.